The smallest absolute Gasteiger partial charge is 0.270 e. The number of phenolic OH excluding ortho intramolecular Hbond substituents is 1. The molecule has 1 aromatic heterocycles. The number of halogens is 2. The maximum Gasteiger partial charge on any atom is 0.270 e. The summed E-state index contributed by atoms with van der Waals surface area (Å²) in [6.45, 7) is 0. The number of rotatable bonds is 4. The molecule has 0 spiro atoms. The maximum atomic E-state index is 12.9. The van der Waals surface area contributed by atoms with Crippen LogP contribution in [0, 0.1) is 0 Å². The summed E-state index contributed by atoms with van der Waals surface area (Å²) < 4.78 is 5.44. The van der Waals surface area contributed by atoms with Crippen molar-refractivity contribution in [1.82, 2.24) is 4.98 Å². The second kappa shape index (κ2) is 7.96. The van der Waals surface area contributed by atoms with E-state index in [4.69, 9.17) is 40.2 Å². The first kappa shape index (κ1) is 20.7. The van der Waals surface area contributed by atoms with Gasteiger partial charge in [-0.25, -0.2) is 0 Å². The maximum absolute atomic E-state index is 12.9. The number of aromatic hydroxyl groups is 1. The van der Waals surface area contributed by atoms with Gasteiger partial charge in [0.2, 0.25) is 0 Å². The molecule has 2 heterocycles. The van der Waals surface area contributed by atoms with Crippen LogP contribution in [0.5, 0.6) is 11.5 Å². The Morgan fingerprint density at radius 2 is 1.97 bits per heavy atom. The van der Waals surface area contributed by atoms with Gasteiger partial charge >= 0.3 is 0 Å². The van der Waals surface area contributed by atoms with E-state index in [1.807, 2.05) is 6.07 Å². The lowest BCUT2D eigenvalue weighted by Gasteiger charge is -2.15. The highest BCUT2D eigenvalue weighted by atomic mass is 35.5. The van der Waals surface area contributed by atoms with Crippen LogP contribution in [0.25, 0.3) is 10.9 Å². The topological polar surface area (TPSA) is 82.6 Å². The summed E-state index contributed by atoms with van der Waals surface area (Å²) in [5, 5.41) is 10.4. The lowest BCUT2D eigenvalue weighted by molar-refractivity contribution is -0.113. The van der Waals surface area contributed by atoms with Crippen LogP contribution >= 0.6 is 47.2 Å². The molecule has 1 saturated heterocycles. The predicted molar refractivity (Wildman–Crippen MR) is 123 cm³/mol. The molecule has 10 heteroatoms. The Hall–Kier alpha value is -2.52. The van der Waals surface area contributed by atoms with Crippen LogP contribution in [0.4, 0.5) is 5.69 Å². The molecule has 0 atom stereocenters. The standard InChI is InChI=1S/C20H12Cl2N2O4S2/c1-28-10-2-3-15-11(6-10)12(8-23-15)16(25)7-17-19(27)24(20(29)30-17)9-4-13(21)18(26)14(22)5-9/h2-8,23,26H,1H3. The van der Waals surface area contributed by atoms with Gasteiger partial charge in [0, 0.05) is 28.7 Å². The van der Waals surface area contributed by atoms with E-state index in [0.717, 1.165) is 17.3 Å². The number of amides is 1. The largest absolute Gasteiger partial charge is 0.505 e. The first-order chi connectivity index (χ1) is 14.3. The Bertz CT molecular complexity index is 1250. The minimum absolute atomic E-state index is 0.0145. The lowest BCUT2D eigenvalue weighted by Crippen LogP contribution is -2.27. The van der Waals surface area contributed by atoms with E-state index in [1.54, 1.807) is 25.4 Å². The van der Waals surface area contributed by atoms with Crippen LogP contribution in [-0.2, 0) is 4.79 Å². The number of ether oxygens (including phenoxy) is 1. The Balaban J connectivity index is 1.68. The van der Waals surface area contributed by atoms with Gasteiger partial charge in [0.05, 0.1) is 27.7 Å². The zero-order valence-corrected chi connectivity index (χ0v) is 18.4. The average Bonchev–Trinajstić information content (AvgIpc) is 3.25. The Morgan fingerprint density at radius 1 is 1.27 bits per heavy atom. The van der Waals surface area contributed by atoms with Crippen LogP contribution < -0.4 is 9.64 Å². The van der Waals surface area contributed by atoms with E-state index >= 15 is 0 Å². The summed E-state index contributed by atoms with van der Waals surface area (Å²) in [5.74, 6) is -0.498. The molecule has 0 aliphatic carbocycles. The average molecular weight is 479 g/mol. The highest BCUT2D eigenvalue weighted by molar-refractivity contribution is 8.27. The number of benzene rings is 2. The first-order valence-electron chi connectivity index (χ1n) is 8.45. The van der Waals surface area contributed by atoms with E-state index in [2.05, 4.69) is 4.98 Å². The van der Waals surface area contributed by atoms with Gasteiger partial charge in [-0.2, -0.15) is 0 Å². The molecule has 30 heavy (non-hydrogen) atoms. The molecule has 3 aromatic rings. The lowest BCUT2D eigenvalue weighted by atomic mass is 10.1. The molecule has 1 amide bonds. The molecule has 152 valence electrons. The number of anilines is 1. The number of allylic oxidation sites excluding steroid dienone is 1. The van der Waals surface area contributed by atoms with E-state index in [9.17, 15) is 14.7 Å². The molecule has 1 aliphatic rings. The minimum atomic E-state index is -0.478. The van der Waals surface area contributed by atoms with Crippen LogP contribution in [0.1, 0.15) is 10.4 Å². The minimum Gasteiger partial charge on any atom is -0.505 e. The number of nitrogens with zero attached hydrogens (tertiary/aromatic N) is 1. The quantitative estimate of drug-likeness (QED) is 0.300. The summed E-state index contributed by atoms with van der Waals surface area (Å²) in [7, 11) is 1.54. The normalized spacial score (nSPS) is 15.4. The number of thioether (sulfide) groups is 1. The van der Waals surface area contributed by atoms with Crippen molar-refractivity contribution >= 4 is 79.8 Å². The predicted octanol–water partition coefficient (Wildman–Crippen LogP) is 5.32. The molecule has 4 rings (SSSR count). The second-order valence-electron chi connectivity index (χ2n) is 6.25. The third-order valence-electron chi connectivity index (χ3n) is 4.47. The van der Waals surface area contributed by atoms with Gasteiger partial charge in [-0.3, -0.25) is 14.5 Å². The summed E-state index contributed by atoms with van der Waals surface area (Å²) >= 11 is 18.2. The Labute approximate surface area is 190 Å². The number of phenols is 1. The van der Waals surface area contributed by atoms with Gasteiger partial charge in [0.15, 0.2) is 15.9 Å². The van der Waals surface area contributed by atoms with Crippen LogP contribution in [0.15, 0.2) is 47.5 Å². The number of aromatic amines is 1. The van der Waals surface area contributed by atoms with E-state index in [0.29, 0.717) is 22.4 Å². The molecular formula is C20H12Cl2N2O4S2. The van der Waals surface area contributed by atoms with Crippen molar-refractivity contribution in [3.8, 4) is 11.5 Å². The Morgan fingerprint density at radius 3 is 2.63 bits per heavy atom. The van der Waals surface area contributed by atoms with Gasteiger partial charge in [-0.1, -0.05) is 47.2 Å². The zero-order chi connectivity index (χ0) is 21.6. The number of methoxy groups -OCH3 is 1. The number of ketones is 1. The van der Waals surface area contributed by atoms with Gasteiger partial charge in [0.1, 0.15) is 5.75 Å². The fourth-order valence-electron chi connectivity index (χ4n) is 3.00. The number of fused-ring (bicyclic) bond motifs is 1. The molecule has 0 bridgehead atoms. The number of carbonyl (C=O) groups excluding carboxylic acids is 2. The summed E-state index contributed by atoms with van der Waals surface area (Å²) in [6.07, 6.45) is 2.84. The monoisotopic (exact) mass is 478 g/mol. The molecule has 6 nitrogen and oxygen atoms in total. The number of thiocarbonyl (C=S) groups is 1. The van der Waals surface area contributed by atoms with Crippen LogP contribution in [-0.4, -0.2) is 33.2 Å². The SMILES string of the molecule is COc1ccc2[nH]cc(C(=O)C=C3SC(=S)N(c4cc(Cl)c(O)c(Cl)c4)C3=O)c2c1. The molecule has 2 N–H and O–H groups in total. The Kier molecular flexibility index (Phi) is 5.50. The molecular weight excluding hydrogens is 467 g/mol. The third-order valence-corrected chi connectivity index (χ3v) is 6.35. The van der Waals surface area contributed by atoms with Crippen molar-refractivity contribution < 1.29 is 19.4 Å². The molecule has 0 unspecified atom stereocenters. The van der Waals surface area contributed by atoms with Crippen molar-refractivity contribution in [2.24, 2.45) is 0 Å². The number of aromatic nitrogens is 1. The van der Waals surface area contributed by atoms with Crippen molar-refractivity contribution in [3.63, 3.8) is 0 Å². The third kappa shape index (κ3) is 3.56. The first-order valence-corrected chi connectivity index (χ1v) is 10.4. The van der Waals surface area contributed by atoms with E-state index in [1.165, 1.54) is 23.1 Å². The molecule has 0 saturated carbocycles. The highest BCUT2D eigenvalue weighted by Gasteiger charge is 2.34. The molecule has 0 radical (unpaired) electrons. The highest BCUT2D eigenvalue weighted by Crippen LogP contribution is 2.41. The van der Waals surface area contributed by atoms with Crippen molar-refractivity contribution in [2.45, 2.75) is 0 Å². The molecule has 2 aromatic carbocycles. The molecule has 1 fully saturated rings. The zero-order valence-electron chi connectivity index (χ0n) is 15.2. The van der Waals surface area contributed by atoms with Gasteiger partial charge in [-0.05, 0) is 30.3 Å². The fourth-order valence-corrected chi connectivity index (χ4v) is 4.74. The molecule has 1 aliphatic heterocycles. The van der Waals surface area contributed by atoms with E-state index in [-0.39, 0.29) is 30.8 Å². The summed E-state index contributed by atoms with van der Waals surface area (Å²) in [6, 6.07) is 8.10. The number of hydrogen-bond acceptors (Lipinski definition) is 6. The van der Waals surface area contributed by atoms with Crippen LogP contribution in [0.3, 0.4) is 0 Å². The van der Waals surface area contributed by atoms with Crippen LogP contribution in [0.2, 0.25) is 10.0 Å². The second-order valence-corrected chi connectivity index (χ2v) is 8.74. The number of carbonyl (C=O) groups is 2. The number of nitrogens with one attached hydrogen (secondary N) is 1. The number of hydrogen-bond donors (Lipinski definition) is 2. The van der Waals surface area contributed by atoms with Gasteiger partial charge in [0.25, 0.3) is 5.91 Å². The van der Waals surface area contributed by atoms with E-state index < -0.39 is 5.91 Å². The van der Waals surface area contributed by atoms with Gasteiger partial charge < -0.3 is 14.8 Å². The summed E-state index contributed by atoms with van der Waals surface area (Å²) in [4.78, 5) is 30.2. The van der Waals surface area contributed by atoms with Gasteiger partial charge in [-0.15, -0.1) is 0 Å². The van der Waals surface area contributed by atoms with Crippen molar-refractivity contribution in [1.29, 1.82) is 0 Å². The number of H-pyrrole nitrogens is 1. The van der Waals surface area contributed by atoms with Crippen molar-refractivity contribution in [3.05, 3.63) is 63.1 Å². The van der Waals surface area contributed by atoms with Crippen molar-refractivity contribution in [2.75, 3.05) is 12.0 Å². The summed E-state index contributed by atoms with van der Waals surface area (Å²) in [5.41, 5.74) is 1.48. The fraction of sp³-hybridized carbons (Fsp3) is 0.0500.